The maximum Gasteiger partial charge on any atom is 0.137 e. The molecule has 2 aromatic rings. The van der Waals surface area contributed by atoms with Gasteiger partial charge in [-0.3, -0.25) is 5.84 Å². The van der Waals surface area contributed by atoms with E-state index in [1.807, 2.05) is 6.07 Å². The summed E-state index contributed by atoms with van der Waals surface area (Å²) >= 11 is 0. The van der Waals surface area contributed by atoms with Crippen LogP contribution in [0.15, 0.2) is 28.7 Å². The molecule has 0 fully saturated rings. The minimum atomic E-state index is 0.113. The second-order valence-electron chi connectivity index (χ2n) is 4.50. The zero-order valence-corrected chi connectivity index (χ0v) is 10.5. The maximum atomic E-state index is 5.91. The summed E-state index contributed by atoms with van der Waals surface area (Å²) in [7, 11) is 0. The summed E-state index contributed by atoms with van der Waals surface area (Å²) in [6.07, 6.45) is 3.31. The summed E-state index contributed by atoms with van der Waals surface area (Å²) in [6, 6.07) is 8.38. The van der Waals surface area contributed by atoms with Crippen LogP contribution >= 0.6 is 0 Å². The van der Waals surface area contributed by atoms with Crippen LogP contribution in [-0.2, 0) is 0 Å². The number of hydrogen-bond acceptors (Lipinski definition) is 3. The molecule has 0 aliphatic rings. The molecule has 1 aromatic carbocycles. The Balaban J connectivity index is 2.31. The molecule has 0 aliphatic heterocycles. The third kappa shape index (κ3) is 2.51. The fourth-order valence-electron chi connectivity index (χ4n) is 2.12. The molecule has 0 aliphatic carbocycles. The van der Waals surface area contributed by atoms with Gasteiger partial charge in [0.15, 0.2) is 0 Å². The molecular formula is C14H20N2O. The molecule has 0 radical (unpaired) electrons. The van der Waals surface area contributed by atoms with Crippen LogP contribution in [-0.4, -0.2) is 0 Å². The van der Waals surface area contributed by atoms with Gasteiger partial charge in [-0.15, -0.1) is 0 Å². The molecule has 1 unspecified atom stereocenters. The predicted molar refractivity (Wildman–Crippen MR) is 70.5 cm³/mol. The van der Waals surface area contributed by atoms with E-state index in [4.69, 9.17) is 10.3 Å². The summed E-state index contributed by atoms with van der Waals surface area (Å²) in [4.78, 5) is 0. The number of benzene rings is 1. The summed E-state index contributed by atoms with van der Waals surface area (Å²) in [6.45, 7) is 4.24. The number of para-hydroxylation sites is 1. The van der Waals surface area contributed by atoms with Gasteiger partial charge in [-0.2, -0.15) is 0 Å². The largest absolute Gasteiger partial charge is 0.459 e. The highest BCUT2D eigenvalue weighted by Gasteiger charge is 2.14. The van der Waals surface area contributed by atoms with Gasteiger partial charge in [0.05, 0.1) is 6.04 Å². The molecule has 0 bridgehead atoms. The molecule has 1 heterocycles. The van der Waals surface area contributed by atoms with Crippen LogP contribution in [0.2, 0.25) is 0 Å². The van der Waals surface area contributed by atoms with Crippen molar-refractivity contribution < 1.29 is 4.42 Å². The standard InChI is InChI=1S/C14H20N2O/c1-3-4-8-12(16-15)13-9-11-7-5-6-10(2)14(11)17-13/h5-7,9,12,16H,3-4,8,15H2,1-2H3. The van der Waals surface area contributed by atoms with Crippen molar-refractivity contribution in [2.75, 3.05) is 0 Å². The Morgan fingerprint density at radius 1 is 1.41 bits per heavy atom. The van der Waals surface area contributed by atoms with Crippen molar-refractivity contribution >= 4 is 11.0 Å². The Labute approximate surface area is 102 Å². The third-order valence-electron chi connectivity index (χ3n) is 3.15. The summed E-state index contributed by atoms with van der Waals surface area (Å²) in [5.41, 5.74) is 4.98. The van der Waals surface area contributed by atoms with E-state index in [-0.39, 0.29) is 6.04 Å². The molecule has 92 valence electrons. The van der Waals surface area contributed by atoms with Crippen molar-refractivity contribution in [1.29, 1.82) is 0 Å². The summed E-state index contributed by atoms with van der Waals surface area (Å²) in [5, 5.41) is 1.15. The minimum absolute atomic E-state index is 0.113. The Morgan fingerprint density at radius 3 is 2.88 bits per heavy atom. The van der Waals surface area contributed by atoms with Gasteiger partial charge in [0.25, 0.3) is 0 Å². The molecule has 1 atom stereocenters. The van der Waals surface area contributed by atoms with E-state index in [2.05, 4.69) is 37.5 Å². The lowest BCUT2D eigenvalue weighted by molar-refractivity contribution is 0.407. The van der Waals surface area contributed by atoms with E-state index < -0.39 is 0 Å². The lowest BCUT2D eigenvalue weighted by Crippen LogP contribution is -2.27. The van der Waals surface area contributed by atoms with Crippen LogP contribution in [0.1, 0.15) is 43.6 Å². The van der Waals surface area contributed by atoms with Crippen molar-refractivity contribution in [3.8, 4) is 0 Å². The second kappa shape index (κ2) is 5.34. The van der Waals surface area contributed by atoms with E-state index in [1.54, 1.807) is 0 Å². The Hall–Kier alpha value is -1.32. The number of furan rings is 1. The molecule has 3 nitrogen and oxygen atoms in total. The highest BCUT2D eigenvalue weighted by Crippen LogP contribution is 2.28. The van der Waals surface area contributed by atoms with Crippen molar-refractivity contribution in [2.45, 2.75) is 39.2 Å². The molecule has 1 aromatic heterocycles. The van der Waals surface area contributed by atoms with Gasteiger partial charge >= 0.3 is 0 Å². The van der Waals surface area contributed by atoms with Gasteiger partial charge in [-0.05, 0) is 25.0 Å². The van der Waals surface area contributed by atoms with Gasteiger partial charge in [-0.1, -0.05) is 38.0 Å². The Morgan fingerprint density at radius 2 is 2.24 bits per heavy atom. The Kier molecular flexibility index (Phi) is 3.82. The lowest BCUT2D eigenvalue weighted by Gasteiger charge is -2.11. The number of rotatable bonds is 5. The van der Waals surface area contributed by atoms with Crippen molar-refractivity contribution in [3.05, 3.63) is 35.6 Å². The topological polar surface area (TPSA) is 51.2 Å². The molecule has 0 saturated heterocycles. The van der Waals surface area contributed by atoms with Crippen LogP contribution in [0, 0.1) is 6.92 Å². The number of aryl methyl sites for hydroxylation is 1. The smallest absolute Gasteiger partial charge is 0.137 e. The zero-order valence-electron chi connectivity index (χ0n) is 10.5. The van der Waals surface area contributed by atoms with Gasteiger partial charge in [0.1, 0.15) is 11.3 Å². The van der Waals surface area contributed by atoms with Crippen LogP contribution in [0.25, 0.3) is 11.0 Å². The van der Waals surface area contributed by atoms with Gasteiger partial charge in [0, 0.05) is 5.39 Å². The van der Waals surface area contributed by atoms with E-state index in [0.717, 1.165) is 36.0 Å². The predicted octanol–water partition coefficient (Wildman–Crippen LogP) is 3.44. The van der Waals surface area contributed by atoms with E-state index in [0.29, 0.717) is 0 Å². The first kappa shape index (κ1) is 12.1. The normalized spacial score (nSPS) is 13.1. The fraction of sp³-hybridized carbons (Fsp3) is 0.429. The zero-order chi connectivity index (χ0) is 12.3. The van der Waals surface area contributed by atoms with Gasteiger partial charge < -0.3 is 4.42 Å². The van der Waals surface area contributed by atoms with Crippen LogP contribution in [0.5, 0.6) is 0 Å². The number of nitrogens with two attached hydrogens (primary N) is 1. The first-order chi connectivity index (χ1) is 8.26. The molecular weight excluding hydrogens is 212 g/mol. The number of hydrogen-bond donors (Lipinski definition) is 2. The summed E-state index contributed by atoms with van der Waals surface area (Å²) < 4.78 is 5.91. The molecule has 0 saturated carbocycles. The van der Waals surface area contributed by atoms with Crippen LogP contribution in [0.3, 0.4) is 0 Å². The first-order valence-corrected chi connectivity index (χ1v) is 6.21. The highest BCUT2D eigenvalue weighted by atomic mass is 16.3. The molecule has 2 rings (SSSR count). The number of nitrogens with one attached hydrogen (secondary N) is 1. The van der Waals surface area contributed by atoms with Gasteiger partial charge in [-0.25, -0.2) is 5.43 Å². The SMILES string of the molecule is CCCCC(NN)c1cc2cccc(C)c2o1. The molecule has 0 amide bonds. The number of fused-ring (bicyclic) bond motifs is 1. The molecule has 3 heteroatoms. The molecule has 0 spiro atoms. The third-order valence-corrected chi connectivity index (χ3v) is 3.15. The number of unbranched alkanes of at least 4 members (excludes halogenated alkanes) is 1. The minimum Gasteiger partial charge on any atom is -0.459 e. The van der Waals surface area contributed by atoms with Crippen molar-refractivity contribution in [3.63, 3.8) is 0 Å². The van der Waals surface area contributed by atoms with Gasteiger partial charge in [0.2, 0.25) is 0 Å². The molecule has 3 N–H and O–H groups in total. The van der Waals surface area contributed by atoms with Crippen molar-refractivity contribution in [1.82, 2.24) is 5.43 Å². The highest BCUT2D eigenvalue weighted by molar-refractivity contribution is 5.80. The second-order valence-corrected chi connectivity index (χ2v) is 4.50. The quantitative estimate of drug-likeness (QED) is 0.613. The lowest BCUT2D eigenvalue weighted by atomic mass is 10.1. The average Bonchev–Trinajstić information content (AvgIpc) is 2.75. The summed E-state index contributed by atoms with van der Waals surface area (Å²) in [5.74, 6) is 6.53. The monoisotopic (exact) mass is 232 g/mol. The van der Waals surface area contributed by atoms with Crippen LogP contribution in [0.4, 0.5) is 0 Å². The average molecular weight is 232 g/mol. The number of hydrazine groups is 1. The van der Waals surface area contributed by atoms with Crippen LogP contribution < -0.4 is 11.3 Å². The van der Waals surface area contributed by atoms with E-state index in [9.17, 15) is 0 Å². The Bertz CT molecular complexity index is 490. The van der Waals surface area contributed by atoms with Crippen molar-refractivity contribution in [2.24, 2.45) is 5.84 Å². The van der Waals surface area contributed by atoms with E-state index >= 15 is 0 Å². The fourth-order valence-corrected chi connectivity index (χ4v) is 2.12. The van der Waals surface area contributed by atoms with E-state index in [1.165, 1.54) is 5.56 Å². The first-order valence-electron chi connectivity index (χ1n) is 6.21. The maximum absolute atomic E-state index is 5.91. The molecule has 17 heavy (non-hydrogen) atoms.